The maximum absolute atomic E-state index is 11.4. The second-order valence-electron chi connectivity index (χ2n) is 4.45. The molecule has 2 atom stereocenters. The summed E-state index contributed by atoms with van der Waals surface area (Å²) < 4.78 is 4.69. The zero-order valence-electron chi connectivity index (χ0n) is 9.77. The van der Waals surface area contributed by atoms with Gasteiger partial charge < -0.3 is 14.7 Å². The van der Waals surface area contributed by atoms with E-state index in [9.17, 15) is 9.90 Å². The van der Waals surface area contributed by atoms with Crippen molar-refractivity contribution < 1.29 is 14.6 Å². The number of aliphatic hydroxyl groups is 1. The average Bonchev–Trinajstić information content (AvgIpc) is 2.68. The van der Waals surface area contributed by atoms with Gasteiger partial charge in [-0.1, -0.05) is 0 Å². The molecule has 1 rings (SSSR count). The first-order valence-electron chi connectivity index (χ1n) is 5.52. The third-order valence-corrected chi connectivity index (χ3v) is 3.26. The minimum atomic E-state index is -0.348. The number of likely N-dealkylation sites (tertiary alicyclic amines) is 1. The highest BCUT2D eigenvalue weighted by atomic mass is 16.5. The van der Waals surface area contributed by atoms with Crippen molar-refractivity contribution in [2.75, 3.05) is 26.8 Å². The molecular formula is C11H21NO3. The molecule has 4 heteroatoms. The Morgan fingerprint density at radius 1 is 1.60 bits per heavy atom. The Morgan fingerprint density at radius 2 is 2.27 bits per heavy atom. The fourth-order valence-corrected chi connectivity index (χ4v) is 2.18. The van der Waals surface area contributed by atoms with E-state index in [1.165, 1.54) is 7.11 Å². The standard InChI is InChI=1S/C11H21NO3/c1-8(2)12-5-4-9(6-12)10(7-13)11(14)15-3/h8-10,13H,4-7H2,1-3H3. The molecular weight excluding hydrogens is 194 g/mol. The SMILES string of the molecule is COC(=O)C(CO)C1CCN(C(C)C)C1. The number of ether oxygens (including phenoxy) is 1. The minimum Gasteiger partial charge on any atom is -0.469 e. The Bertz CT molecular complexity index is 218. The lowest BCUT2D eigenvalue weighted by Crippen LogP contribution is -2.33. The lowest BCUT2D eigenvalue weighted by Gasteiger charge is -2.22. The van der Waals surface area contributed by atoms with Crippen LogP contribution in [0.15, 0.2) is 0 Å². The predicted octanol–water partition coefficient (Wildman–Crippen LogP) is 0.498. The predicted molar refractivity (Wildman–Crippen MR) is 57.4 cm³/mol. The van der Waals surface area contributed by atoms with Crippen LogP contribution in [0.1, 0.15) is 20.3 Å². The van der Waals surface area contributed by atoms with Crippen LogP contribution in [0.5, 0.6) is 0 Å². The van der Waals surface area contributed by atoms with Gasteiger partial charge in [0.1, 0.15) is 0 Å². The van der Waals surface area contributed by atoms with Crippen LogP contribution in [-0.4, -0.2) is 48.8 Å². The van der Waals surface area contributed by atoms with Crippen LogP contribution >= 0.6 is 0 Å². The van der Waals surface area contributed by atoms with Gasteiger partial charge in [-0.05, 0) is 32.7 Å². The van der Waals surface area contributed by atoms with Crippen LogP contribution in [0.3, 0.4) is 0 Å². The van der Waals surface area contributed by atoms with Crippen LogP contribution in [0.25, 0.3) is 0 Å². The summed E-state index contributed by atoms with van der Waals surface area (Å²) in [6.07, 6.45) is 0.971. The molecule has 0 amide bonds. The Kier molecular flexibility index (Phi) is 4.54. The molecule has 0 aromatic rings. The molecule has 2 unspecified atom stereocenters. The molecule has 1 N–H and O–H groups in total. The van der Waals surface area contributed by atoms with Gasteiger partial charge in [-0.15, -0.1) is 0 Å². The molecule has 1 aliphatic rings. The minimum absolute atomic E-state index is 0.108. The molecule has 1 heterocycles. The van der Waals surface area contributed by atoms with Gasteiger partial charge in [0.25, 0.3) is 0 Å². The van der Waals surface area contributed by atoms with Crippen molar-refractivity contribution in [1.29, 1.82) is 0 Å². The molecule has 0 saturated carbocycles. The number of methoxy groups -OCH3 is 1. The van der Waals surface area contributed by atoms with Crippen LogP contribution in [0, 0.1) is 11.8 Å². The molecule has 0 radical (unpaired) electrons. The van der Waals surface area contributed by atoms with E-state index in [0.29, 0.717) is 6.04 Å². The van der Waals surface area contributed by atoms with Gasteiger partial charge >= 0.3 is 5.97 Å². The molecule has 1 aliphatic heterocycles. The van der Waals surface area contributed by atoms with Crippen molar-refractivity contribution in [2.45, 2.75) is 26.3 Å². The number of carbonyl (C=O) groups is 1. The quantitative estimate of drug-likeness (QED) is 0.694. The van der Waals surface area contributed by atoms with E-state index in [4.69, 9.17) is 4.74 Å². The van der Waals surface area contributed by atoms with Crippen molar-refractivity contribution in [1.82, 2.24) is 4.90 Å². The van der Waals surface area contributed by atoms with E-state index in [1.807, 2.05) is 0 Å². The third kappa shape index (κ3) is 2.92. The Hall–Kier alpha value is -0.610. The number of carbonyl (C=O) groups excluding carboxylic acids is 1. The maximum Gasteiger partial charge on any atom is 0.311 e. The van der Waals surface area contributed by atoms with Crippen LogP contribution in [0.4, 0.5) is 0 Å². The third-order valence-electron chi connectivity index (χ3n) is 3.26. The van der Waals surface area contributed by atoms with Crippen LogP contribution in [-0.2, 0) is 9.53 Å². The molecule has 4 nitrogen and oxygen atoms in total. The summed E-state index contributed by atoms with van der Waals surface area (Å²) in [6.45, 7) is 6.08. The van der Waals surface area contributed by atoms with Crippen molar-refractivity contribution in [2.24, 2.45) is 11.8 Å². The van der Waals surface area contributed by atoms with Gasteiger partial charge in [0, 0.05) is 12.6 Å². The summed E-state index contributed by atoms with van der Waals surface area (Å²) >= 11 is 0. The number of rotatable bonds is 4. The highest BCUT2D eigenvalue weighted by Gasteiger charge is 2.34. The zero-order valence-corrected chi connectivity index (χ0v) is 9.77. The first-order chi connectivity index (χ1) is 7.10. The fourth-order valence-electron chi connectivity index (χ4n) is 2.18. The van der Waals surface area contributed by atoms with E-state index in [1.54, 1.807) is 0 Å². The molecule has 0 spiro atoms. The molecule has 88 valence electrons. The van der Waals surface area contributed by atoms with Crippen LogP contribution in [0.2, 0.25) is 0 Å². The molecule has 0 aromatic heterocycles. The molecule has 0 aliphatic carbocycles. The summed E-state index contributed by atoms with van der Waals surface area (Å²) in [4.78, 5) is 13.7. The van der Waals surface area contributed by atoms with E-state index >= 15 is 0 Å². The fraction of sp³-hybridized carbons (Fsp3) is 0.909. The maximum atomic E-state index is 11.4. The van der Waals surface area contributed by atoms with Crippen LogP contribution < -0.4 is 0 Å². The summed E-state index contributed by atoms with van der Waals surface area (Å²) in [5.41, 5.74) is 0. The lowest BCUT2D eigenvalue weighted by molar-refractivity contribution is -0.148. The summed E-state index contributed by atoms with van der Waals surface area (Å²) in [5.74, 6) is -0.392. The number of hydrogen-bond acceptors (Lipinski definition) is 4. The van der Waals surface area contributed by atoms with Gasteiger partial charge in [0.15, 0.2) is 0 Å². The van der Waals surface area contributed by atoms with E-state index in [2.05, 4.69) is 18.7 Å². The summed E-state index contributed by atoms with van der Waals surface area (Å²) in [7, 11) is 1.38. The second-order valence-corrected chi connectivity index (χ2v) is 4.45. The highest BCUT2D eigenvalue weighted by molar-refractivity contribution is 5.72. The monoisotopic (exact) mass is 215 g/mol. The second kappa shape index (κ2) is 5.47. The van der Waals surface area contributed by atoms with E-state index < -0.39 is 0 Å². The summed E-state index contributed by atoms with van der Waals surface area (Å²) in [6, 6.07) is 0.506. The highest BCUT2D eigenvalue weighted by Crippen LogP contribution is 2.26. The number of aliphatic hydroxyl groups excluding tert-OH is 1. The Labute approximate surface area is 91.2 Å². The molecule has 0 bridgehead atoms. The molecule has 15 heavy (non-hydrogen) atoms. The number of hydrogen-bond donors (Lipinski definition) is 1. The molecule has 0 aromatic carbocycles. The van der Waals surface area contributed by atoms with Crippen molar-refractivity contribution >= 4 is 5.97 Å². The first kappa shape index (κ1) is 12.5. The van der Waals surface area contributed by atoms with E-state index in [0.717, 1.165) is 19.5 Å². The zero-order chi connectivity index (χ0) is 11.4. The molecule has 1 saturated heterocycles. The number of esters is 1. The van der Waals surface area contributed by atoms with Gasteiger partial charge in [-0.3, -0.25) is 4.79 Å². The average molecular weight is 215 g/mol. The smallest absolute Gasteiger partial charge is 0.311 e. The largest absolute Gasteiger partial charge is 0.469 e. The Balaban J connectivity index is 2.54. The number of nitrogens with zero attached hydrogens (tertiary/aromatic N) is 1. The Morgan fingerprint density at radius 3 is 2.67 bits per heavy atom. The topological polar surface area (TPSA) is 49.8 Å². The van der Waals surface area contributed by atoms with Crippen molar-refractivity contribution in [3.63, 3.8) is 0 Å². The van der Waals surface area contributed by atoms with Crippen molar-refractivity contribution in [3.05, 3.63) is 0 Å². The van der Waals surface area contributed by atoms with E-state index in [-0.39, 0.29) is 24.4 Å². The molecule has 1 fully saturated rings. The van der Waals surface area contributed by atoms with Gasteiger partial charge in [0.2, 0.25) is 0 Å². The first-order valence-corrected chi connectivity index (χ1v) is 5.52. The van der Waals surface area contributed by atoms with Crippen molar-refractivity contribution in [3.8, 4) is 0 Å². The van der Waals surface area contributed by atoms with Gasteiger partial charge in [-0.2, -0.15) is 0 Å². The summed E-state index contributed by atoms with van der Waals surface area (Å²) in [5, 5.41) is 9.19. The normalized spacial score (nSPS) is 24.5. The van der Waals surface area contributed by atoms with Gasteiger partial charge in [0.05, 0.1) is 19.6 Å². The van der Waals surface area contributed by atoms with Gasteiger partial charge in [-0.25, -0.2) is 0 Å². The lowest BCUT2D eigenvalue weighted by atomic mass is 9.92.